The molecule has 0 radical (unpaired) electrons. The molecule has 2 fully saturated rings. The number of likely N-dealkylation sites (tertiary alicyclic amines) is 1. The van der Waals surface area contributed by atoms with Crippen molar-refractivity contribution in [2.24, 2.45) is 11.0 Å². The average Bonchev–Trinajstić information content (AvgIpc) is 3.33. The number of halogens is 6. The minimum absolute atomic E-state index is 0.0594. The Balaban J connectivity index is 1.69. The lowest BCUT2D eigenvalue weighted by Crippen LogP contribution is -3.10. The molecule has 4 rings (SSSR count). The first-order valence-corrected chi connectivity index (χ1v) is 14.5. The fourth-order valence-corrected chi connectivity index (χ4v) is 6.68. The van der Waals surface area contributed by atoms with Crippen molar-refractivity contribution in [1.29, 1.82) is 0 Å². The summed E-state index contributed by atoms with van der Waals surface area (Å²) in [7, 11) is 0. The Kier molecular flexibility index (Phi) is 9.64. The van der Waals surface area contributed by atoms with E-state index in [2.05, 4.69) is 30.8 Å². The van der Waals surface area contributed by atoms with Gasteiger partial charge in [-0.1, -0.05) is 35.2 Å². The molecule has 1 aromatic rings. The van der Waals surface area contributed by atoms with Gasteiger partial charge in [0.05, 0.1) is 10.0 Å². The predicted octanol–water partition coefficient (Wildman–Crippen LogP) is 5.01. The fourth-order valence-electron chi connectivity index (χ4n) is 6.00. The summed E-state index contributed by atoms with van der Waals surface area (Å²) in [6, 6.07) is 1.42. The number of allylic oxidation sites excluding steroid dienone is 1. The van der Waals surface area contributed by atoms with Crippen molar-refractivity contribution in [3.8, 4) is 0 Å². The lowest BCUT2D eigenvalue weighted by molar-refractivity contribution is -0.902. The molecule has 2 N–H and O–H groups in total. The largest absolute Gasteiger partial charge is 0.470 e. The zero-order valence-electron chi connectivity index (χ0n) is 22.9. The number of rotatable bonds is 7. The van der Waals surface area contributed by atoms with Gasteiger partial charge < -0.3 is 9.80 Å². The monoisotopic (exact) mass is 606 g/mol. The summed E-state index contributed by atoms with van der Waals surface area (Å²) in [5.41, 5.74) is -1.56. The van der Waals surface area contributed by atoms with Crippen LogP contribution < -0.4 is 5.01 Å². The molecule has 1 atom stereocenters. The number of hydrogen-bond donors (Lipinski definition) is 1. The Hall–Kier alpha value is -2.01. The molecule has 0 spiro atoms. The van der Waals surface area contributed by atoms with E-state index in [1.54, 1.807) is 0 Å². The third kappa shape index (κ3) is 6.72. The van der Waals surface area contributed by atoms with Crippen molar-refractivity contribution >= 4 is 41.1 Å². The molecular formula is C28H36Cl2F4N4O2+2. The van der Waals surface area contributed by atoms with E-state index in [0.29, 0.717) is 44.7 Å². The van der Waals surface area contributed by atoms with Crippen LogP contribution in [0.25, 0.3) is 0 Å². The van der Waals surface area contributed by atoms with Crippen LogP contribution in [0.1, 0.15) is 64.9 Å². The molecule has 3 aliphatic rings. The minimum Gasteiger partial charge on any atom is -0.322 e. The summed E-state index contributed by atoms with van der Waals surface area (Å²) in [4.78, 5) is 28.5. The number of hydrogen-bond acceptors (Lipinski definition) is 3. The molecule has 1 saturated heterocycles. The maximum absolute atomic E-state index is 14.5. The molecular weight excluding hydrogens is 571 g/mol. The van der Waals surface area contributed by atoms with E-state index < -0.39 is 47.5 Å². The molecule has 1 amide bonds. The van der Waals surface area contributed by atoms with Crippen molar-refractivity contribution in [1.82, 2.24) is 9.80 Å². The van der Waals surface area contributed by atoms with Gasteiger partial charge in [0.25, 0.3) is 11.6 Å². The molecule has 0 bridgehead atoms. The molecule has 6 nitrogen and oxygen atoms in total. The van der Waals surface area contributed by atoms with Gasteiger partial charge in [0, 0.05) is 38.0 Å². The predicted molar refractivity (Wildman–Crippen MR) is 148 cm³/mol. The molecule has 1 aromatic carbocycles. The van der Waals surface area contributed by atoms with Gasteiger partial charge in [-0.25, -0.2) is 4.39 Å². The second-order valence-electron chi connectivity index (χ2n) is 11.4. The van der Waals surface area contributed by atoms with E-state index in [0.717, 1.165) is 31.2 Å². The van der Waals surface area contributed by atoms with Gasteiger partial charge in [0.1, 0.15) is 35.8 Å². The number of amides is 1. The van der Waals surface area contributed by atoms with Crippen LogP contribution in [0.5, 0.6) is 0 Å². The van der Waals surface area contributed by atoms with Crippen LogP contribution >= 0.6 is 23.2 Å². The minimum atomic E-state index is -4.78. The number of carbonyl (C=O) groups excluding carboxylic acids is 2. The number of nitrogens with one attached hydrogen (secondary N) is 1. The molecule has 2 aliphatic heterocycles. The number of quaternary nitrogens is 1. The van der Waals surface area contributed by atoms with Crippen LogP contribution in [-0.2, 0) is 4.79 Å². The second kappa shape index (κ2) is 12.5. The first-order chi connectivity index (χ1) is 18.8. The zero-order chi connectivity index (χ0) is 29.4. The lowest BCUT2D eigenvalue weighted by atomic mass is 9.87. The molecule has 1 aliphatic carbocycles. The number of nitrogens with zero attached hydrogens (tertiary/aromatic N) is 3. The number of ketones is 1. The van der Waals surface area contributed by atoms with E-state index >= 15 is 0 Å². The van der Waals surface area contributed by atoms with Crippen LogP contribution in [0.2, 0.25) is 10.0 Å². The summed E-state index contributed by atoms with van der Waals surface area (Å²) in [5, 5.41) is 3.76. The highest BCUT2D eigenvalue weighted by Crippen LogP contribution is 2.32. The highest BCUT2D eigenvalue weighted by atomic mass is 35.5. The van der Waals surface area contributed by atoms with Gasteiger partial charge in [0.15, 0.2) is 0 Å². The summed E-state index contributed by atoms with van der Waals surface area (Å²) < 4.78 is 57.3. The van der Waals surface area contributed by atoms with Gasteiger partial charge in [-0.15, -0.1) is 0 Å². The molecule has 1 unspecified atom stereocenters. The molecule has 2 heterocycles. The lowest BCUT2D eigenvalue weighted by Gasteiger charge is -2.39. The van der Waals surface area contributed by atoms with Crippen molar-refractivity contribution in [3.63, 3.8) is 0 Å². The van der Waals surface area contributed by atoms with Gasteiger partial charge in [-0.2, -0.15) is 18.2 Å². The van der Waals surface area contributed by atoms with E-state index in [-0.39, 0.29) is 32.7 Å². The molecule has 12 heteroatoms. The van der Waals surface area contributed by atoms with Crippen molar-refractivity contribution < 1.29 is 32.2 Å². The first-order valence-electron chi connectivity index (χ1n) is 13.7. The van der Waals surface area contributed by atoms with Gasteiger partial charge >= 0.3 is 12.0 Å². The van der Waals surface area contributed by atoms with Crippen molar-refractivity contribution in [3.05, 3.63) is 44.8 Å². The standard InChI is InChI=1S/C28H34Cl2F4N4O2/c1-16(2)36-10-8-19(9-11-36)37(15-24(39)25-22(29)12-18(31)13-23(25)30)27(40)21-14-35-38(26(21)28(32,33)34)20-6-4-17(3)5-7-20/h12-14,16-17,19-20H,4-11,15H2,1-3H3/p+2. The highest BCUT2D eigenvalue weighted by Gasteiger charge is 2.53. The van der Waals surface area contributed by atoms with E-state index in [1.165, 1.54) is 4.90 Å². The van der Waals surface area contributed by atoms with Crippen LogP contribution in [0.4, 0.5) is 17.6 Å². The van der Waals surface area contributed by atoms with Crippen LogP contribution in [-0.4, -0.2) is 76.4 Å². The third-order valence-corrected chi connectivity index (χ3v) is 8.92. The zero-order valence-corrected chi connectivity index (χ0v) is 24.4. The van der Waals surface area contributed by atoms with Crippen molar-refractivity contribution in [2.45, 2.75) is 83.6 Å². The number of piperidine rings is 1. The number of alkyl halides is 3. The normalized spacial score (nSPS) is 24.7. The summed E-state index contributed by atoms with van der Waals surface area (Å²) in [6.07, 6.45) is 0.0492. The summed E-state index contributed by atoms with van der Waals surface area (Å²) in [6.45, 7) is 7.04. The van der Waals surface area contributed by atoms with Gasteiger partial charge in [-0.3, -0.25) is 9.59 Å². The van der Waals surface area contributed by atoms with E-state index in [1.807, 2.05) is 0 Å². The first kappa shape index (κ1) is 30.9. The quantitative estimate of drug-likeness (QED) is 0.270. The average molecular weight is 608 g/mol. The Morgan fingerprint density at radius 2 is 1.70 bits per heavy atom. The third-order valence-electron chi connectivity index (χ3n) is 8.32. The molecule has 1 saturated carbocycles. The Bertz CT molecular complexity index is 1160. The van der Waals surface area contributed by atoms with Gasteiger partial charge in [0.2, 0.25) is 0 Å². The van der Waals surface area contributed by atoms with E-state index in [4.69, 9.17) is 23.2 Å². The molecule has 40 heavy (non-hydrogen) atoms. The summed E-state index contributed by atoms with van der Waals surface area (Å²) in [5.74, 6) is -1.55. The molecule has 220 valence electrons. The van der Waals surface area contributed by atoms with Gasteiger partial charge in [-0.05, 0) is 57.6 Å². The Labute approximate surface area is 241 Å². The van der Waals surface area contributed by atoms with Crippen LogP contribution in [0.15, 0.2) is 28.5 Å². The fraction of sp³-hybridized carbons (Fsp3) is 0.607. The second-order valence-corrected chi connectivity index (χ2v) is 12.2. The smallest absolute Gasteiger partial charge is 0.322 e. The molecule has 0 aromatic heterocycles. The Morgan fingerprint density at radius 3 is 2.23 bits per heavy atom. The summed E-state index contributed by atoms with van der Waals surface area (Å²) >= 11 is 12.3. The van der Waals surface area contributed by atoms with Crippen LogP contribution in [0.3, 0.4) is 0 Å². The highest BCUT2D eigenvalue weighted by molar-refractivity contribution is 6.40. The Morgan fingerprint density at radius 1 is 1.12 bits per heavy atom. The van der Waals surface area contributed by atoms with Crippen LogP contribution in [0, 0.1) is 11.7 Å². The SMILES string of the molecule is CC1CCC([NH+]2N=CC(C(=O)N(CC(=[OH+])c3c(Cl)cc(F)cc3Cl)C3CCN(C(C)C)CC3)=C2C(F)(F)F)CC1. The maximum atomic E-state index is 14.5. The number of benzene rings is 1. The van der Waals surface area contributed by atoms with Crippen molar-refractivity contribution in [2.75, 3.05) is 19.6 Å². The maximum Gasteiger partial charge on any atom is 0.470 e. The topological polar surface area (TPSA) is 61.8 Å². The number of carbonyl (C=O) groups is 1. The van der Waals surface area contributed by atoms with E-state index in [9.17, 15) is 27.2 Å².